The lowest BCUT2D eigenvalue weighted by Crippen LogP contribution is -2.14. The average Bonchev–Trinajstić information content (AvgIpc) is 2.66. The maximum Gasteiger partial charge on any atom is 0.261 e. The highest BCUT2D eigenvalue weighted by Gasteiger charge is 2.17. The predicted octanol–water partition coefficient (Wildman–Crippen LogP) is 4.16. The number of sulfonamides is 1. The van der Waals surface area contributed by atoms with E-state index in [2.05, 4.69) is 10.0 Å². The molecule has 3 aromatic rings. The van der Waals surface area contributed by atoms with Crippen molar-refractivity contribution in [1.82, 2.24) is 0 Å². The van der Waals surface area contributed by atoms with Crippen LogP contribution < -0.4 is 10.0 Å². The van der Waals surface area contributed by atoms with E-state index < -0.39 is 38.3 Å². The van der Waals surface area contributed by atoms with Gasteiger partial charge in [0.2, 0.25) is 0 Å². The molecular weight excluding hydrogens is 393 g/mol. The Balaban J connectivity index is 1.72. The molecule has 3 aromatic carbocycles. The second-order valence-electron chi connectivity index (χ2n) is 5.72. The van der Waals surface area contributed by atoms with E-state index in [1.54, 1.807) is 0 Å². The van der Waals surface area contributed by atoms with E-state index in [9.17, 15) is 26.4 Å². The molecule has 0 heterocycles. The first-order valence-corrected chi connectivity index (χ1v) is 9.38. The fraction of sp³-hybridized carbons (Fsp3) is 0. The van der Waals surface area contributed by atoms with Gasteiger partial charge in [-0.05, 0) is 66.7 Å². The maximum atomic E-state index is 13.3. The minimum Gasteiger partial charge on any atom is -0.322 e. The van der Waals surface area contributed by atoms with E-state index in [-0.39, 0.29) is 11.3 Å². The summed E-state index contributed by atoms with van der Waals surface area (Å²) in [7, 11) is -4.13. The molecule has 0 aliphatic rings. The summed E-state index contributed by atoms with van der Waals surface area (Å²) in [6.45, 7) is 0. The van der Waals surface area contributed by atoms with E-state index in [0.717, 1.165) is 6.07 Å². The largest absolute Gasteiger partial charge is 0.322 e. The highest BCUT2D eigenvalue weighted by molar-refractivity contribution is 7.92. The summed E-state index contributed by atoms with van der Waals surface area (Å²) in [6, 6.07) is 12.9. The zero-order valence-electron chi connectivity index (χ0n) is 14.1. The van der Waals surface area contributed by atoms with E-state index in [0.29, 0.717) is 17.8 Å². The van der Waals surface area contributed by atoms with Gasteiger partial charge in [-0.25, -0.2) is 21.6 Å². The molecule has 144 valence electrons. The summed E-state index contributed by atoms with van der Waals surface area (Å²) in [6.07, 6.45) is 0. The van der Waals surface area contributed by atoms with E-state index in [1.165, 1.54) is 48.5 Å². The fourth-order valence-electron chi connectivity index (χ4n) is 2.28. The second kappa shape index (κ2) is 7.73. The second-order valence-corrected chi connectivity index (χ2v) is 7.40. The third-order valence-corrected chi connectivity index (χ3v) is 5.08. The lowest BCUT2D eigenvalue weighted by atomic mass is 10.2. The van der Waals surface area contributed by atoms with Crippen LogP contribution in [0.15, 0.2) is 71.6 Å². The topological polar surface area (TPSA) is 75.3 Å². The molecule has 0 bridgehead atoms. The normalized spacial score (nSPS) is 11.1. The Morgan fingerprint density at radius 1 is 0.750 bits per heavy atom. The number of carbonyl (C=O) groups excluding carboxylic acids is 1. The fourth-order valence-corrected chi connectivity index (χ4v) is 3.35. The maximum absolute atomic E-state index is 13.3. The molecule has 0 aliphatic carbocycles. The number of carbonyl (C=O) groups is 1. The molecule has 3 rings (SSSR count). The molecule has 0 aliphatic heterocycles. The van der Waals surface area contributed by atoms with Crippen LogP contribution in [0.25, 0.3) is 0 Å². The number of amides is 1. The van der Waals surface area contributed by atoms with Gasteiger partial charge in [0.15, 0.2) is 11.6 Å². The van der Waals surface area contributed by atoms with Crippen LogP contribution in [-0.4, -0.2) is 14.3 Å². The quantitative estimate of drug-likeness (QED) is 0.668. The number of benzene rings is 3. The first-order valence-electron chi connectivity index (χ1n) is 7.89. The Morgan fingerprint density at radius 2 is 1.36 bits per heavy atom. The third-order valence-electron chi connectivity index (χ3n) is 3.70. The smallest absolute Gasteiger partial charge is 0.261 e. The summed E-state index contributed by atoms with van der Waals surface area (Å²) in [5.74, 6) is -3.34. The predicted molar refractivity (Wildman–Crippen MR) is 98.0 cm³/mol. The Bertz CT molecular complexity index is 1120. The van der Waals surface area contributed by atoms with E-state index in [1.807, 2.05) is 0 Å². The SMILES string of the molecule is O=C(Nc1ccc(F)cc1)c1ccc(NS(=O)(=O)c2ccc(F)c(F)c2)cc1. The van der Waals surface area contributed by atoms with Crippen LogP contribution in [0.3, 0.4) is 0 Å². The summed E-state index contributed by atoms with van der Waals surface area (Å²) in [5.41, 5.74) is 0.762. The molecule has 1 amide bonds. The van der Waals surface area contributed by atoms with Crippen molar-refractivity contribution in [2.75, 3.05) is 10.0 Å². The molecule has 0 atom stereocenters. The molecule has 0 saturated carbocycles. The van der Waals surface area contributed by atoms with Gasteiger partial charge in [-0.3, -0.25) is 9.52 Å². The molecule has 0 fully saturated rings. The molecule has 0 saturated heterocycles. The Hall–Kier alpha value is -3.33. The number of hydrogen-bond acceptors (Lipinski definition) is 3. The molecular formula is C19H13F3N2O3S. The summed E-state index contributed by atoms with van der Waals surface area (Å²) in [5, 5.41) is 2.57. The molecule has 0 aromatic heterocycles. The van der Waals surface area contributed by atoms with Crippen molar-refractivity contribution in [2.24, 2.45) is 0 Å². The summed E-state index contributed by atoms with van der Waals surface area (Å²) < 4.78 is 65.8. The summed E-state index contributed by atoms with van der Waals surface area (Å²) >= 11 is 0. The van der Waals surface area contributed by atoms with Gasteiger partial charge in [-0.2, -0.15) is 0 Å². The van der Waals surface area contributed by atoms with Crippen molar-refractivity contribution in [3.63, 3.8) is 0 Å². The average molecular weight is 406 g/mol. The van der Waals surface area contributed by atoms with Crippen LogP contribution in [0, 0.1) is 17.5 Å². The minimum atomic E-state index is -4.13. The number of nitrogens with one attached hydrogen (secondary N) is 2. The van der Waals surface area contributed by atoms with Crippen molar-refractivity contribution in [3.8, 4) is 0 Å². The van der Waals surface area contributed by atoms with Gasteiger partial charge in [0.1, 0.15) is 5.82 Å². The van der Waals surface area contributed by atoms with E-state index >= 15 is 0 Å². The molecule has 28 heavy (non-hydrogen) atoms. The third kappa shape index (κ3) is 4.49. The Kier molecular flexibility index (Phi) is 5.36. The monoisotopic (exact) mass is 406 g/mol. The van der Waals surface area contributed by atoms with Gasteiger partial charge in [0.05, 0.1) is 4.90 Å². The highest BCUT2D eigenvalue weighted by Crippen LogP contribution is 2.19. The van der Waals surface area contributed by atoms with Crippen LogP contribution in [-0.2, 0) is 10.0 Å². The zero-order chi connectivity index (χ0) is 20.3. The number of hydrogen-bond donors (Lipinski definition) is 2. The van der Waals surface area contributed by atoms with Crippen LogP contribution in [0.1, 0.15) is 10.4 Å². The first kappa shape index (κ1) is 19.4. The van der Waals surface area contributed by atoms with Crippen LogP contribution in [0.2, 0.25) is 0 Å². The first-order chi connectivity index (χ1) is 13.2. The molecule has 0 radical (unpaired) electrons. The number of rotatable bonds is 5. The van der Waals surface area contributed by atoms with Crippen molar-refractivity contribution in [3.05, 3.63) is 89.7 Å². The molecule has 0 unspecified atom stereocenters. The summed E-state index contributed by atoms with van der Waals surface area (Å²) in [4.78, 5) is 11.7. The highest BCUT2D eigenvalue weighted by atomic mass is 32.2. The van der Waals surface area contributed by atoms with Crippen molar-refractivity contribution >= 4 is 27.3 Å². The van der Waals surface area contributed by atoms with Gasteiger partial charge in [0.25, 0.3) is 15.9 Å². The van der Waals surface area contributed by atoms with Crippen LogP contribution in [0.4, 0.5) is 24.5 Å². The van der Waals surface area contributed by atoms with Gasteiger partial charge in [-0.1, -0.05) is 0 Å². The number of halogens is 3. The van der Waals surface area contributed by atoms with E-state index in [4.69, 9.17) is 0 Å². The molecule has 2 N–H and O–H groups in total. The van der Waals surface area contributed by atoms with Crippen LogP contribution in [0.5, 0.6) is 0 Å². The Morgan fingerprint density at radius 3 is 1.96 bits per heavy atom. The minimum absolute atomic E-state index is 0.128. The van der Waals surface area contributed by atoms with Crippen molar-refractivity contribution < 1.29 is 26.4 Å². The van der Waals surface area contributed by atoms with Gasteiger partial charge < -0.3 is 5.32 Å². The van der Waals surface area contributed by atoms with Crippen LogP contribution >= 0.6 is 0 Å². The lowest BCUT2D eigenvalue weighted by molar-refractivity contribution is 0.102. The molecule has 0 spiro atoms. The van der Waals surface area contributed by atoms with Gasteiger partial charge in [-0.15, -0.1) is 0 Å². The Labute approximate surface area is 158 Å². The van der Waals surface area contributed by atoms with Crippen molar-refractivity contribution in [1.29, 1.82) is 0 Å². The van der Waals surface area contributed by atoms with Gasteiger partial charge >= 0.3 is 0 Å². The molecule has 9 heteroatoms. The standard InChI is InChI=1S/C19H13F3N2O3S/c20-13-3-7-14(8-4-13)23-19(25)12-1-5-15(6-2-12)24-28(26,27)16-9-10-17(21)18(22)11-16/h1-11,24H,(H,23,25). The zero-order valence-corrected chi connectivity index (χ0v) is 14.9. The lowest BCUT2D eigenvalue weighted by Gasteiger charge is -2.09. The van der Waals surface area contributed by atoms with Crippen molar-refractivity contribution in [2.45, 2.75) is 4.90 Å². The van der Waals surface area contributed by atoms with Gasteiger partial charge in [0, 0.05) is 16.9 Å². The molecule has 5 nitrogen and oxygen atoms in total. The number of anilines is 2.